The fraction of sp³-hybridized carbons (Fsp3) is 0.375. The Bertz CT molecular complexity index is 1240. The Balaban J connectivity index is 0.00000456. The molecule has 1 aromatic carbocycles. The molecule has 1 N–H and O–H groups in total. The molecule has 1 amide bonds. The molecule has 3 rings (SSSR count). The molecule has 196 valence electrons. The number of carbonyl (C=O) groups excluding carboxylic acids is 1. The molecule has 0 bridgehead atoms. The molecular formula is C24H29Cl3N4O4S. The number of nitrogens with one attached hydrogen (secondary N) is 1. The SMILES string of the molecule is CCCCCS(=O)(=O)NC(=O)CCc1cc(OCc2ccccn2)nn1Cc1ccc(Cl)cc1Cl.Cl. The first-order valence-corrected chi connectivity index (χ1v) is 13.7. The predicted molar refractivity (Wildman–Crippen MR) is 143 cm³/mol. The van der Waals surface area contributed by atoms with Crippen LogP contribution in [0, 0.1) is 0 Å². The van der Waals surface area contributed by atoms with Gasteiger partial charge in [-0.15, -0.1) is 17.5 Å². The zero-order valence-electron chi connectivity index (χ0n) is 19.8. The number of pyridine rings is 1. The first kappa shape index (κ1) is 29.9. The molecule has 0 aliphatic carbocycles. The fourth-order valence-electron chi connectivity index (χ4n) is 3.34. The van der Waals surface area contributed by atoms with Crippen LogP contribution in [-0.4, -0.2) is 34.8 Å². The van der Waals surface area contributed by atoms with Gasteiger partial charge in [0, 0.05) is 34.4 Å². The number of amides is 1. The number of ether oxygens (including phenoxy) is 1. The number of carbonyl (C=O) groups is 1. The first-order valence-electron chi connectivity index (χ1n) is 11.3. The van der Waals surface area contributed by atoms with Crippen molar-refractivity contribution in [3.8, 4) is 5.88 Å². The van der Waals surface area contributed by atoms with Gasteiger partial charge in [-0.3, -0.25) is 19.2 Å². The number of aromatic nitrogens is 3. The maximum Gasteiger partial charge on any atom is 0.234 e. The second kappa shape index (κ2) is 14.4. The van der Waals surface area contributed by atoms with Crippen LogP contribution in [0.4, 0.5) is 0 Å². The minimum atomic E-state index is -3.64. The van der Waals surface area contributed by atoms with Crippen molar-refractivity contribution < 1.29 is 17.9 Å². The van der Waals surface area contributed by atoms with E-state index in [4.69, 9.17) is 27.9 Å². The summed E-state index contributed by atoms with van der Waals surface area (Å²) in [5, 5.41) is 5.53. The Morgan fingerprint density at radius 3 is 2.64 bits per heavy atom. The molecule has 0 atom stereocenters. The number of rotatable bonds is 13. The molecule has 2 aromatic heterocycles. The van der Waals surface area contributed by atoms with E-state index < -0.39 is 15.9 Å². The summed E-state index contributed by atoms with van der Waals surface area (Å²) in [6.45, 7) is 2.55. The molecule has 0 aliphatic heterocycles. The molecule has 3 aromatic rings. The number of unbranched alkanes of at least 4 members (excludes halogenated alkanes) is 2. The van der Waals surface area contributed by atoms with Gasteiger partial charge in [0.2, 0.25) is 21.8 Å². The number of sulfonamides is 1. The third kappa shape index (κ3) is 9.61. The van der Waals surface area contributed by atoms with Gasteiger partial charge in [-0.1, -0.05) is 55.1 Å². The molecule has 2 heterocycles. The zero-order chi connectivity index (χ0) is 25.3. The summed E-state index contributed by atoms with van der Waals surface area (Å²) in [4.78, 5) is 16.6. The van der Waals surface area contributed by atoms with E-state index in [0.717, 1.165) is 24.1 Å². The van der Waals surface area contributed by atoms with Crippen LogP contribution in [0.5, 0.6) is 5.88 Å². The lowest BCUT2D eigenvalue weighted by atomic mass is 10.2. The van der Waals surface area contributed by atoms with Gasteiger partial charge in [0.15, 0.2) is 0 Å². The molecule has 12 heteroatoms. The van der Waals surface area contributed by atoms with Crippen LogP contribution < -0.4 is 9.46 Å². The fourth-order valence-corrected chi connectivity index (χ4v) is 4.94. The number of hydrogen-bond acceptors (Lipinski definition) is 6. The Morgan fingerprint density at radius 2 is 1.94 bits per heavy atom. The van der Waals surface area contributed by atoms with Crippen molar-refractivity contribution in [2.24, 2.45) is 0 Å². The van der Waals surface area contributed by atoms with Crippen LogP contribution in [0.15, 0.2) is 48.7 Å². The molecule has 0 saturated heterocycles. The van der Waals surface area contributed by atoms with Crippen molar-refractivity contribution in [3.63, 3.8) is 0 Å². The molecule has 0 aliphatic rings. The summed E-state index contributed by atoms with van der Waals surface area (Å²) in [5.41, 5.74) is 2.24. The Kier molecular flexibility index (Phi) is 12.0. The highest BCUT2D eigenvalue weighted by molar-refractivity contribution is 7.90. The van der Waals surface area contributed by atoms with Crippen LogP contribution in [0.25, 0.3) is 0 Å². The van der Waals surface area contributed by atoms with Gasteiger partial charge in [-0.2, -0.15) is 0 Å². The highest BCUT2D eigenvalue weighted by Crippen LogP contribution is 2.24. The minimum Gasteiger partial charge on any atom is -0.470 e. The van der Waals surface area contributed by atoms with E-state index in [1.807, 2.05) is 25.1 Å². The monoisotopic (exact) mass is 574 g/mol. The van der Waals surface area contributed by atoms with Gasteiger partial charge in [-0.25, -0.2) is 8.42 Å². The van der Waals surface area contributed by atoms with E-state index in [0.29, 0.717) is 34.6 Å². The van der Waals surface area contributed by atoms with E-state index in [2.05, 4.69) is 14.8 Å². The van der Waals surface area contributed by atoms with E-state index in [9.17, 15) is 13.2 Å². The Hall–Kier alpha value is -2.33. The van der Waals surface area contributed by atoms with Gasteiger partial charge < -0.3 is 4.74 Å². The normalized spacial score (nSPS) is 11.1. The summed E-state index contributed by atoms with van der Waals surface area (Å²) < 4.78 is 33.9. The van der Waals surface area contributed by atoms with Gasteiger partial charge >= 0.3 is 0 Å². The van der Waals surface area contributed by atoms with Crippen LogP contribution in [0.3, 0.4) is 0 Å². The number of benzene rings is 1. The van der Waals surface area contributed by atoms with Crippen LogP contribution in [0.2, 0.25) is 10.0 Å². The average molecular weight is 576 g/mol. The third-order valence-corrected chi connectivity index (χ3v) is 7.12. The lowest BCUT2D eigenvalue weighted by molar-refractivity contribution is -0.119. The summed E-state index contributed by atoms with van der Waals surface area (Å²) in [5.74, 6) is -0.261. The highest BCUT2D eigenvalue weighted by atomic mass is 35.5. The summed E-state index contributed by atoms with van der Waals surface area (Å²) in [6, 6.07) is 12.5. The average Bonchev–Trinajstić information content (AvgIpc) is 3.20. The largest absolute Gasteiger partial charge is 0.470 e. The summed E-state index contributed by atoms with van der Waals surface area (Å²) in [7, 11) is -3.64. The number of aryl methyl sites for hydroxylation is 1. The summed E-state index contributed by atoms with van der Waals surface area (Å²) >= 11 is 12.3. The van der Waals surface area contributed by atoms with E-state index in [-0.39, 0.29) is 37.6 Å². The molecule has 0 spiro atoms. The van der Waals surface area contributed by atoms with Gasteiger partial charge in [0.1, 0.15) is 6.61 Å². The Labute approximate surface area is 227 Å². The quantitative estimate of drug-likeness (QED) is 0.281. The van der Waals surface area contributed by atoms with Gasteiger partial charge in [0.05, 0.1) is 18.0 Å². The minimum absolute atomic E-state index is 0. The first-order chi connectivity index (χ1) is 16.8. The van der Waals surface area contributed by atoms with Crippen molar-refractivity contribution in [1.29, 1.82) is 0 Å². The maximum atomic E-state index is 12.3. The zero-order valence-corrected chi connectivity index (χ0v) is 23.0. The van der Waals surface area contributed by atoms with Crippen molar-refractivity contribution >= 4 is 51.5 Å². The van der Waals surface area contributed by atoms with Crippen molar-refractivity contribution in [2.45, 2.75) is 52.2 Å². The van der Waals surface area contributed by atoms with Crippen LogP contribution in [-0.2, 0) is 34.4 Å². The number of nitrogens with zero attached hydrogens (tertiary/aromatic N) is 3. The summed E-state index contributed by atoms with van der Waals surface area (Å²) in [6.07, 6.45) is 4.14. The van der Waals surface area contributed by atoms with E-state index in [1.165, 1.54) is 0 Å². The molecule has 0 fully saturated rings. The lowest BCUT2D eigenvalue weighted by Crippen LogP contribution is -2.32. The van der Waals surface area contributed by atoms with Crippen molar-refractivity contribution in [2.75, 3.05) is 5.75 Å². The predicted octanol–water partition coefficient (Wildman–Crippen LogP) is 5.20. The molecule has 0 unspecified atom stereocenters. The number of halogens is 3. The van der Waals surface area contributed by atoms with Crippen molar-refractivity contribution in [1.82, 2.24) is 19.5 Å². The van der Waals surface area contributed by atoms with Crippen molar-refractivity contribution in [3.05, 3.63) is 75.7 Å². The topological polar surface area (TPSA) is 103 Å². The van der Waals surface area contributed by atoms with E-state index >= 15 is 0 Å². The highest BCUT2D eigenvalue weighted by Gasteiger charge is 2.17. The molecule has 0 saturated carbocycles. The lowest BCUT2D eigenvalue weighted by Gasteiger charge is -2.10. The molecule has 36 heavy (non-hydrogen) atoms. The van der Waals surface area contributed by atoms with E-state index in [1.54, 1.807) is 35.1 Å². The second-order valence-corrected chi connectivity index (χ2v) is 10.7. The van der Waals surface area contributed by atoms with Crippen LogP contribution in [0.1, 0.15) is 49.6 Å². The van der Waals surface area contributed by atoms with Gasteiger partial charge in [0.25, 0.3) is 0 Å². The van der Waals surface area contributed by atoms with Gasteiger partial charge in [-0.05, 0) is 42.7 Å². The third-order valence-electron chi connectivity index (χ3n) is 5.16. The number of hydrogen-bond donors (Lipinski definition) is 1. The molecular weight excluding hydrogens is 547 g/mol. The molecule has 8 nitrogen and oxygen atoms in total. The maximum absolute atomic E-state index is 12.3. The van der Waals surface area contributed by atoms with Crippen LogP contribution >= 0.6 is 35.6 Å². The second-order valence-electron chi connectivity index (χ2n) is 8.03. The molecule has 0 radical (unpaired) electrons. The standard InChI is InChI=1S/C24H28Cl2N4O4S.ClH/c1-2-3-6-13-35(32,33)29-23(31)11-10-21-15-24(34-17-20-7-4-5-12-27-20)28-30(21)16-18-8-9-19(25)14-22(18)26;/h4-5,7-9,12,14-15H,2-3,6,10-11,13,16-17H2,1H3,(H,29,31);1H. The Morgan fingerprint density at radius 1 is 1.14 bits per heavy atom. The smallest absolute Gasteiger partial charge is 0.234 e.